The van der Waals surface area contributed by atoms with Crippen molar-refractivity contribution in [2.75, 3.05) is 27.2 Å². The highest BCUT2D eigenvalue weighted by Gasteiger charge is 2.29. The molecule has 94 valence electrons. The van der Waals surface area contributed by atoms with Gasteiger partial charge in [-0.3, -0.25) is 4.79 Å². The van der Waals surface area contributed by atoms with E-state index in [0.29, 0.717) is 18.6 Å². The van der Waals surface area contributed by atoms with Gasteiger partial charge < -0.3 is 15.5 Å². The predicted molar refractivity (Wildman–Crippen MR) is 66.1 cm³/mol. The van der Waals surface area contributed by atoms with Crippen molar-refractivity contribution >= 4 is 5.91 Å². The van der Waals surface area contributed by atoms with Gasteiger partial charge in [-0.15, -0.1) is 0 Å². The molecule has 1 aliphatic rings. The molecule has 1 amide bonds. The molecule has 1 heterocycles. The number of piperidine rings is 1. The summed E-state index contributed by atoms with van der Waals surface area (Å²) in [6.07, 6.45) is 2.14. The monoisotopic (exact) mass is 227 g/mol. The normalized spacial score (nSPS) is 28.8. The molecule has 1 fully saturated rings. The van der Waals surface area contributed by atoms with Crippen molar-refractivity contribution in [1.29, 1.82) is 0 Å². The number of nitrogens with zero attached hydrogens (tertiary/aromatic N) is 2. The first-order chi connectivity index (χ1) is 7.47. The SMILES string of the molecule is CC(CN)C(=O)N(C)C1CCN(C)C(C)C1. The zero-order valence-electron chi connectivity index (χ0n) is 10.9. The fourth-order valence-electron chi connectivity index (χ4n) is 2.24. The van der Waals surface area contributed by atoms with Crippen molar-refractivity contribution in [3.63, 3.8) is 0 Å². The Morgan fingerprint density at radius 2 is 2.25 bits per heavy atom. The van der Waals surface area contributed by atoms with Gasteiger partial charge in [-0.2, -0.15) is 0 Å². The maximum absolute atomic E-state index is 12.0. The van der Waals surface area contributed by atoms with E-state index in [0.717, 1.165) is 19.4 Å². The van der Waals surface area contributed by atoms with E-state index in [9.17, 15) is 4.79 Å². The minimum atomic E-state index is -0.0556. The molecule has 3 unspecified atom stereocenters. The molecule has 0 aromatic heterocycles. The number of hydrogen-bond donors (Lipinski definition) is 1. The van der Waals surface area contributed by atoms with E-state index < -0.39 is 0 Å². The fraction of sp³-hybridized carbons (Fsp3) is 0.917. The van der Waals surface area contributed by atoms with Gasteiger partial charge >= 0.3 is 0 Å². The summed E-state index contributed by atoms with van der Waals surface area (Å²) in [5, 5.41) is 0. The molecule has 0 aromatic carbocycles. The highest BCUT2D eigenvalue weighted by molar-refractivity contribution is 5.78. The highest BCUT2D eigenvalue weighted by Crippen LogP contribution is 2.20. The number of rotatable bonds is 3. The molecule has 4 nitrogen and oxygen atoms in total. The van der Waals surface area contributed by atoms with Crippen LogP contribution >= 0.6 is 0 Å². The van der Waals surface area contributed by atoms with E-state index in [-0.39, 0.29) is 11.8 Å². The van der Waals surface area contributed by atoms with Crippen LogP contribution in [-0.2, 0) is 4.79 Å². The van der Waals surface area contributed by atoms with Crippen LogP contribution in [0.5, 0.6) is 0 Å². The van der Waals surface area contributed by atoms with Crippen molar-refractivity contribution in [2.45, 2.75) is 38.8 Å². The van der Waals surface area contributed by atoms with Crippen LogP contribution in [0.2, 0.25) is 0 Å². The number of hydrogen-bond acceptors (Lipinski definition) is 3. The zero-order valence-corrected chi connectivity index (χ0v) is 10.9. The van der Waals surface area contributed by atoms with E-state index in [2.05, 4.69) is 18.9 Å². The zero-order chi connectivity index (χ0) is 12.3. The summed E-state index contributed by atoms with van der Waals surface area (Å²) in [5.41, 5.74) is 5.53. The average molecular weight is 227 g/mol. The highest BCUT2D eigenvalue weighted by atomic mass is 16.2. The topological polar surface area (TPSA) is 49.6 Å². The van der Waals surface area contributed by atoms with Crippen LogP contribution in [0.3, 0.4) is 0 Å². The number of carbonyl (C=O) groups excluding carboxylic acids is 1. The Morgan fingerprint density at radius 3 is 2.75 bits per heavy atom. The molecule has 0 bridgehead atoms. The number of carbonyl (C=O) groups is 1. The molecule has 0 aromatic rings. The maximum atomic E-state index is 12.0. The summed E-state index contributed by atoms with van der Waals surface area (Å²) in [5.74, 6) is 0.129. The largest absolute Gasteiger partial charge is 0.342 e. The molecule has 1 rings (SSSR count). The lowest BCUT2D eigenvalue weighted by atomic mass is 9.96. The van der Waals surface area contributed by atoms with Gasteiger partial charge in [0.2, 0.25) is 5.91 Å². The second kappa shape index (κ2) is 5.64. The minimum absolute atomic E-state index is 0.0556. The molecule has 3 atom stereocenters. The van der Waals surface area contributed by atoms with Crippen molar-refractivity contribution in [2.24, 2.45) is 11.7 Å². The third-order valence-electron chi connectivity index (χ3n) is 3.85. The first kappa shape index (κ1) is 13.5. The lowest BCUT2D eigenvalue weighted by Crippen LogP contribution is -2.49. The molecule has 4 heteroatoms. The standard InChI is InChI=1S/C12H25N3O/c1-9(8-13)12(16)15(4)11-5-6-14(3)10(2)7-11/h9-11H,5-8,13H2,1-4H3. The molecule has 0 aliphatic carbocycles. The summed E-state index contributed by atoms with van der Waals surface area (Å²) in [6, 6.07) is 0.940. The van der Waals surface area contributed by atoms with Gasteiger partial charge in [0.05, 0.1) is 0 Å². The van der Waals surface area contributed by atoms with Crippen LogP contribution in [0.15, 0.2) is 0 Å². The number of likely N-dealkylation sites (tertiary alicyclic amines) is 1. The van der Waals surface area contributed by atoms with Gasteiger partial charge in [-0.25, -0.2) is 0 Å². The molecular weight excluding hydrogens is 202 g/mol. The third-order valence-corrected chi connectivity index (χ3v) is 3.85. The van der Waals surface area contributed by atoms with Crippen LogP contribution in [0.25, 0.3) is 0 Å². The van der Waals surface area contributed by atoms with E-state index >= 15 is 0 Å². The van der Waals surface area contributed by atoms with Crippen molar-refractivity contribution in [3.8, 4) is 0 Å². The van der Waals surface area contributed by atoms with E-state index in [1.807, 2.05) is 18.9 Å². The Morgan fingerprint density at radius 1 is 1.62 bits per heavy atom. The molecule has 1 saturated heterocycles. The molecule has 1 aliphatic heterocycles. The summed E-state index contributed by atoms with van der Waals surface area (Å²) in [6.45, 7) is 5.62. The average Bonchev–Trinajstić information content (AvgIpc) is 2.29. The van der Waals surface area contributed by atoms with Gasteiger partial charge in [-0.05, 0) is 26.8 Å². The summed E-state index contributed by atoms with van der Waals surface area (Å²) in [4.78, 5) is 16.2. The second-order valence-corrected chi connectivity index (χ2v) is 5.09. The Balaban J connectivity index is 2.54. The second-order valence-electron chi connectivity index (χ2n) is 5.09. The summed E-state index contributed by atoms with van der Waals surface area (Å²) < 4.78 is 0. The Labute approximate surface area is 98.8 Å². The van der Waals surface area contributed by atoms with Gasteiger partial charge in [0.1, 0.15) is 0 Å². The molecule has 2 N–H and O–H groups in total. The summed E-state index contributed by atoms with van der Waals surface area (Å²) in [7, 11) is 4.06. The fourth-order valence-corrected chi connectivity index (χ4v) is 2.24. The molecular formula is C12H25N3O. The third kappa shape index (κ3) is 2.95. The first-order valence-electron chi connectivity index (χ1n) is 6.14. The molecule has 16 heavy (non-hydrogen) atoms. The van der Waals surface area contributed by atoms with E-state index in [1.54, 1.807) is 0 Å². The van der Waals surface area contributed by atoms with Crippen LogP contribution in [0, 0.1) is 5.92 Å². The van der Waals surface area contributed by atoms with Crippen LogP contribution in [-0.4, -0.2) is 55.0 Å². The lowest BCUT2D eigenvalue weighted by Gasteiger charge is -2.40. The number of amides is 1. The quantitative estimate of drug-likeness (QED) is 0.765. The molecule has 0 radical (unpaired) electrons. The summed E-state index contributed by atoms with van der Waals surface area (Å²) >= 11 is 0. The van der Waals surface area contributed by atoms with E-state index in [1.165, 1.54) is 0 Å². The molecule has 0 spiro atoms. The van der Waals surface area contributed by atoms with Gasteiger partial charge in [0.15, 0.2) is 0 Å². The Kier molecular flexibility index (Phi) is 4.74. The van der Waals surface area contributed by atoms with Crippen LogP contribution < -0.4 is 5.73 Å². The van der Waals surface area contributed by atoms with Gasteiger partial charge in [0, 0.05) is 38.1 Å². The van der Waals surface area contributed by atoms with Crippen LogP contribution in [0.4, 0.5) is 0 Å². The Hall–Kier alpha value is -0.610. The molecule has 0 saturated carbocycles. The predicted octanol–water partition coefficient (Wildman–Crippen LogP) is 0.522. The van der Waals surface area contributed by atoms with Gasteiger partial charge in [0.25, 0.3) is 0 Å². The smallest absolute Gasteiger partial charge is 0.226 e. The van der Waals surface area contributed by atoms with E-state index in [4.69, 9.17) is 5.73 Å². The van der Waals surface area contributed by atoms with Gasteiger partial charge in [-0.1, -0.05) is 6.92 Å². The minimum Gasteiger partial charge on any atom is -0.342 e. The lowest BCUT2D eigenvalue weighted by molar-refractivity contribution is -0.136. The van der Waals surface area contributed by atoms with Crippen molar-refractivity contribution in [3.05, 3.63) is 0 Å². The van der Waals surface area contributed by atoms with Crippen molar-refractivity contribution in [1.82, 2.24) is 9.80 Å². The number of nitrogens with two attached hydrogens (primary N) is 1. The first-order valence-corrected chi connectivity index (χ1v) is 6.14. The maximum Gasteiger partial charge on any atom is 0.226 e. The van der Waals surface area contributed by atoms with Crippen LogP contribution in [0.1, 0.15) is 26.7 Å². The Bertz CT molecular complexity index is 244. The van der Waals surface area contributed by atoms with Crippen molar-refractivity contribution < 1.29 is 4.79 Å².